The van der Waals surface area contributed by atoms with Gasteiger partial charge >= 0.3 is 5.69 Å². The van der Waals surface area contributed by atoms with Crippen molar-refractivity contribution in [3.63, 3.8) is 0 Å². The van der Waals surface area contributed by atoms with E-state index in [-0.39, 0.29) is 17.3 Å². The number of hydrogen-bond donors (Lipinski definition) is 0. The molecule has 0 amide bonds. The molecule has 2 aromatic rings. The number of alkyl halides is 1. The van der Waals surface area contributed by atoms with Gasteiger partial charge in [-0.25, -0.2) is 4.39 Å². The molecule has 6 heteroatoms. The van der Waals surface area contributed by atoms with Crippen molar-refractivity contribution >= 4 is 21.6 Å². The van der Waals surface area contributed by atoms with Gasteiger partial charge in [-0.05, 0) is 24.3 Å². The van der Waals surface area contributed by atoms with Crippen LogP contribution in [0.15, 0.2) is 42.5 Å². The van der Waals surface area contributed by atoms with E-state index < -0.39 is 4.92 Å². The van der Waals surface area contributed by atoms with E-state index in [0.29, 0.717) is 16.6 Å². The first-order valence-corrected chi connectivity index (χ1v) is 6.49. The van der Waals surface area contributed by atoms with Crippen LogP contribution in [0.5, 0.6) is 11.5 Å². The number of nitro groups is 1. The van der Waals surface area contributed by atoms with Gasteiger partial charge in [-0.3, -0.25) is 10.1 Å². The minimum Gasteiger partial charge on any atom is -0.450 e. The molecule has 0 radical (unpaired) electrons. The fourth-order valence-electron chi connectivity index (χ4n) is 1.56. The van der Waals surface area contributed by atoms with E-state index in [2.05, 4.69) is 15.9 Å². The molecular weight excluding hydrogens is 317 g/mol. The van der Waals surface area contributed by atoms with Crippen LogP contribution in [-0.2, 0) is 5.33 Å². The summed E-state index contributed by atoms with van der Waals surface area (Å²) in [5.41, 5.74) is 0.450. The number of ether oxygens (including phenoxy) is 1. The Morgan fingerprint density at radius 1 is 1.21 bits per heavy atom. The van der Waals surface area contributed by atoms with Crippen LogP contribution in [0, 0.1) is 15.9 Å². The first-order valence-electron chi connectivity index (χ1n) is 5.37. The first kappa shape index (κ1) is 13.5. The summed E-state index contributed by atoms with van der Waals surface area (Å²) in [6, 6.07) is 10.1. The van der Waals surface area contributed by atoms with Gasteiger partial charge in [-0.1, -0.05) is 28.1 Å². The number of benzene rings is 2. The molecule has 98 valence electrons. The topological polar surface area (TPSA) is 52.4 Å². The fraction of sp³-hybridized carbons (Fsp3) is 0.0769. The van der Waals surface area contributed by atoms with E-state index >= 15 is 0 Å². The Kier molecular flexibility index (Phi) is 4.11. The van der Waals surface area contributed by atoms with E-state index in [1.165, 1.54) is 30.3 Å². The quantitative estimate of drug-likeness (QED) is 0.475. The average molecular weight is 326 g/mol. The predicted molar refractivity (Wildman–Crippen MR) is 72.2 cm³/mol. The highest BCUT2D eigenvalue weighted by molar-refractivity contribution is 9.08. The van der Waals surface area contributed by atoms with Crippen molar-refractivity contribution in [2.75, 3.05) is 0 Å². The molecule has 19 heavy (non-hydrogen) atoms. The van der Waals surface area contributed by atoms with Gasteiger partial charge in [-0.2, -0.15) is 0 Å². The summed E-state index contributed by atoms with van der Waals surface area (Å²) in [4.78, 5) is 10.4. The average Bonchev–Trinajstić information content (AvgIpc) is 2.41. The molecule has 0 atom stereocenters. The number of hydrogen-bond acceptors (Lipinski definition) is 3. The largest absolute Gasteiger partial charge is 0.450 e. The third-order valence-electron chi connectivity index (χ3n) is 2.45. The number of para-hydroxylation sites is 2. The number of nitro benzene ring substituents is 1. The van der Waals surface area contributed by atoms with Crippen LogP contribution < -0.4 is 4.74 Å². The van der Waals surface area contributed by atoms with Crippen LogP contribution in [0.3, 0.4) is 0 Å². The minimum atomic E-state index is -0.521. The highest BCUT2D eigenvalue weighted by Gasteiger charge is 2.15. The van der Waals surface area contributed by atoms with Gasteiger partial charge in [0.15, 0.2) is 0 Å². The first-order chi connectivity index (χ1) is 9.11. The fourth-order valence-corrected chi connectivity index (χ4v) is 2.00. The molecule has 0 heterocycles. The maximum Gasteiger partial charge on any atom is 0.311 e. The molecule has 0 N–H and O–H groups in total. The van der Waals surface area contributed by atoms with Gasteiger partial charge in [0, 0.05) is 17.0 Å². The second-order valence-corrected chi connectivity index (χ2v) is 4.27. The minimum absolute atomic E-state index is 0.126. The third kappa shape index (κ3) is 3.08. The van der Waals surface area contributed by atoms with Crippen molar-refractivity contribution in [3.8, 4) is 11.5 Å². The normalized spacial score (nSPS) is 10.2. The molecule has 0 bridgehead atoms. The molecule has 0 aliphatic rings. The molecule has 0 aliphatic carbocycles. The Balaban J connectivity index is 2.39. The van der Waals surface area contributed by atoms with Crippen molar-refractivity contribution in [2.24, 2.45) is 0 Å². The SMILES string of the molecule is O=[N+]([O-])c1ccccc1Oc1ccc(F)cc1CBr. The van der Waals surface area contributed by atoms with Crippen molar-refractivity contribution in [1.29, 1.82) is 0 Å². The van der Waals surface area contributed by atoms with Crippen LogP contribution in [0.2, 0.25) is 0 Å². The lowest BCUT2D eigenvalue weighted by Gasteiger charge is -2.09. The Morgan fingerprint density at radius 3 is 2.63 bits per heavy atom. The second-order valence-electron chi connectivity index (χ2n) is 3.71. The summed E-state index contributed by atoms with van der Waals surface area (Å²) in [5.74, 6) is 0.123. The standard InChI is InChI=1S/C13H9BrFNO3/c14-8-9-7-10(15)5-6-12(9)19-13-4-2-1-3-11(13)16(17)18/h1-7H,8H2. The zero-order valence-corrected chi connectivity index (χ0v) is 11.3. The molecule has 0 saturated heterocycles. The molecule has 2 rings (SSSR count). The number of halogens is 2. The molecule has 2 aromatic carbocycles. The summed E-state index contributed by atoms with van der Waals surface area (Å²) in [5, 5.41) is 11.3. The van der Waals surface area contributed by atoms with E-state index in [4.69, 9.17) is 4.74 Å². The monoisotopic (exact) mass is 325 g/mol. The number of rotatable bonds is 4. The Bertz CT molecular complexity index is 619. The second kappa shape index (κ2) is 5.79. The lowest BCUT2D eigenvalue weighted by molar-refractivity contribution is -0.385. The smallest absolute Gasteiger partial charge is 0.311 e. The van der Waals surface area contributed by atoms with Crippen LogP contribution in [0.25, 0.3) is 0 Å². The molecule has 4 nitrogen and oxygen atoms in total. The summed E-state index contributed by atoms with van der Waals surface area (Å²) in [6.07, 6.45) is 0. The lowest BCUT2D eigenvalue weighted by Crippen LogP contribution is -1.95. The highest BCUT2D eigenvalue weighted by Crippen LogP contribution is 2.33. The summed E-state index contributed by atoms with van der Waals surface area (Å²) >= 11 is 3.22. The van der Waals surface area contributed by atoms with E-state index in [0.717, 1.165) is 0 Å². The summed E-state index contributed by atoms with van der Waals surface area (Å²) < 4.78 is 18.6. The van der Waals surface area contributed by atoms with Crippen LogP contribution in [0.4, 0.5) is 10.1 Å². The third-order valence-corrected chi connectivity index (χ3v) is 3.05. The van der Waals surface area contributed by atoms with E-state index in [1.807, 2.05) is 0 Å². The summed E-state index contributed by atoms with van der Waals surface area (Å²) in [7, 11) is 0. The maximum absolute atomic E-state index is 13.1. The Hall–Kier alpha value is -1.95. The molecule has 0 fully saturated rings. The van der Waals surface area contributed by atoms with Crippen molar-refractivity contribution in [1.82, 2.24) is 0 Å². The van der Waals surface area contributed by atoms with Crippen LogP contribution in [-0.4, -0.2) is 4.92 Å². The van der Waals surface area contributed by atoms with Gasteiger partial charge in [0.25, 0.3) is 0 Å². The zero-order valence-electron chi connectivity index (χ0n) is 9.68. The molecule has 0 saturated carbocycles. The van der Waals surface area contributed by atoms with Crippen molar-refractivity contribution in [3.05, 3.63) is 64.0 Å². The Labute approximate surface area is 117 Å². The van der Waals surface area contributed by atoms with Gasteiger partial charge in [-0.15, -0.1) is 0 Å². The molecule has 0 spiro atoms. The van der Waals surface area contributed by atoms with Crippen LogP contribution in [0.1, 0.15) is 5.56 Å². The molecule has 0 unspecified atom stereocenters. The van der Waals surface area contributed by atoms with Gasteiger partial charge < -0.3 is 4.74 Å². The lowest BCUT2D eigenvalue weighted by atomic mass is 10.2. The highest BCUT2D eigenvalue weighted by atomic mass is 79.9. The van der Waals surface area contributed by atoms with Gasteiger partial charge in [0.2, 0.25) is 5.75 Å². The zero-order chi connectivity index (χ0) is 13.8. The molecule has 0 aromatic heterocycles. The van der Waals surface area contributed by atoms with Crippen molar-refractivity contribution in [2.45, 2.75) is 5.33 Å². The van der Waals surface area contributed by atoms with E-state index in [9.17, 15) is 14.5 Å². The van der Waals surface area contributed by atoms with Gasteiger partial charge in [0.05, 0.1) is 4.92 Å². The van der Waals surface area contributed by atoms with Gasteiger partial charge in [0.1, 0.15) is 11.6 Å². The maximum atomic E-state index is 13.1. The molecular formula is C13H9BrFNO3. The van der Waals surface area contributed by atoms with E-state index in [1.54, 1.807) is 12.1 Å². The number of nitrogens with zero attached hydrogens (tertiary/aromatic N) is 1. The predicted octanol–water partition coefficient (Wildman–Crippen LogP) is 4.42. The summed E-state index contributed by atoms with van der Waals surface area (Å²) in [6.45, 7) is 0. The Morgan fingerprint density at radius 2 is 1.95 bits per heavy atom. The van der Waals surface area contributed by atoms with Crippen molar-refractivity contribution < 1.29 is 14.1 Å². The molecule has 0 aliphatic heterocycles. The van der Waals surface area contributed by atoms with Crippen LogP contribution >= 0.6 is 15.9 Å².